The van der Waals surface area contributed by atoms with Gasteiger partial charge in [0.1, 0.15) is 0 Å². The Morgan fingerprint density at radius 2 is 1.80 bits per heavy atom. The zero-order valence-corrected chi connectivity index (χ0v) is 13.1. The van der Waals surface area contributed by atoms with Crippen molar-refractivity contribution in [3.8, 4) is 0 Å². The molecule has 4 nitrogen and oxygen atoms in total. The van der Waals surface area contributed by atoms with Gasteiger partial charge in [-0.15, -0.1) is 0 Å². The Morgan fingerprint density at radius 1 is 1.10 bits per heavy atom. The standard InChI is InChI=1S/C14H18N2O2S2/c1-11-9-19-10-13(11)8-16-20(17,18)14-5-3-12(4-6-14)7-15-2/h3-6,9-10,15-16H,7-8H2,1-2H3. The second-order valence-corrected chi connectivity index (χ2v) is 7.09. The highest BCUT2D eigenvalue weighted by Gasteiger charge is 2.14. The van der Waals surface area contributed by atoms with Gasteiger partial charge in [-0.1, -0.05) is 12.1 Å². The molecule has 1 aromatic carbocycles. The monoisotopic (exact) mass is 310 g/mol. The quantitative estimate of drug-likeness (QED) is 0.860. The van der Waals surface area contributed by atoms with Gasteiger partial charge in [0.15, 0.2) is 0 Å². The summed E-state index contributed by atoms with van der Waals surface area (Å²) >= 11 is 1.58. The van der Waals surface area contributed by atoms with Crippen LogP contribution in [-0.4, -0.2) is 15.5 Å². The number of benzene rings is 1. The molecule has 0 saturated heterocycles. The van der Waals surface area contributed by atoms with E-state index in [1.165, 1.54) is 0 Å². The van der Waals surface area contributed by atoms with E-state index in [-0.39, 0.29) is 0 Å². The third-order valence-corrected chi connectivity index (χ3v) is 5.36. The smallest absolute Gasteiger partial charge is 0.240 e. The van der Waals surface area contributed by atoms with Crippen LogP contribution in [0.5, 0.6) is 0 Å². The molecule has 2 rings (SSSR count). The van der Waals surface area contributed by atoms with Crippen molar-refractivity contribution >= 4 is 21.4 Å². The normalized spacial score (nSPS) is 11.7. The van der Waals surface area contributed by atoms with E-state index in [0.29, 0.717) is 11.4 Å². The van der Waals surface area contributed by atoms with Crippen LogP contribution in [0.3, 0.4) is 0 Å². The van der Waals surface area contributed by atoms with E-state index in [1.807, 2.05) is 36.9 Å². The summed E-state index contributed by atoms with van der Waals surface area (Å²) in [4.78, 5) is 0.297. The van der Waals surface area contributed by atoms with E-state index in [9.17, 15) is 8.42 Å². The molecule has 0 amide bonds. The van der Waals surface area contributed by atoms with Crippen LogP contribution in [0.4, 0.5) is 0 Å². The molecular formula is C14H18N2O2S2. The van der Waals surface area contributed by atoms with Crippen LogP contribution in [0.25, 0.3) is 0 Å². The minimum atomic E-state index is -3.45. The molecule has 6 heteroatoms. The Bertz CT molecular complexity index is 661. The fourth-order valence-corrected chi connectivity index (χ4v) is 3.68. The van der Waals surface area contributed by atoms with Gasteiger partial charge in [0.2, 0.25) is 10.0 Å². The lowest BCUT2D eigenvalue weighted by molar-refractivity contribution is 0.581. The highest BCUT2D eigenvalue weighted by molar-refractivity contribution is 7.89. The molecule has 0 aliphatic carbocycles. The first-order valence-corrected chi connectivity index (χ1v) is 8.70. The highest BCUT2D eigenvalue weighted by atomic mass is 32.2. The van der Waals surface area contributed by atoms with Gasteiger partial charge in [0.05, 0.1) is 4.90 Å². The summed E-state index contributed by atoms with van der Waals surface area (Å²) in [6, 6.07) is 6.91. The van der Waals surface area contributed by atoms with Gasteiger partial charge in [-0.2, -0.15) is 11.3 Å². The van der Waals surface area contributed by atoms with Crippen molar-refractivity contribution in [2.45, 2.75) is 24.9 Å². The second kappa shape index (κ2) is 6.49. The van der Waals surface area contributed by atoms with Crippen molar-refractivity contribution in [3.05, 3.63) is 51.7 Å². The summed E-state index contributed by atoms with van der Waals surface area (Å²) in [6.07, 6.45) is 0. The lowest BCUT2D eigenvalue weighted by Gasteiger charge is -2.07. The molecule has 0 bridgehead atoms. The number of rotatable bonds is 6. The predicted molar refractivity (Wildman–Crippen MR) is 82.3 cm³/mol. The zero-order chi connectivity index (χ0) is 14.6. The molecule has 1 aromatic heterocycles. The van der Waals surface area contributed by atoms with Crippen molar-refractivity contribution in [3.63, 3.8) is 0 Å². The van der Waals surface area contributed by atoms with Crippen LogP contribution >= 0.6 is 11.3 Å². The molecule has 0 fully saturated rings. The van der Waals surface area contributed by atoms with E-state index in [1.54, 1.807) is 23.5 Å². The maximum atomic E-state index is 12.2. The Kier molecular flexibility index (Phi) is 4.93. The third kappa shape index (κ3) is 3.67. The number of nitrogens with one attached hydrogen (secondary N) is 2. The predicted octanol–water partition coefficient (Wildman–Crippen LogP) is 2.25. The molecule has 20 heavy (non-hydrogen) atoms. The van der Waals surface area contributed by atoms with E-state index in [2.05, 4.69) is 10.0 Å². The molecule has 2 aromatic rings. The highest BCUT2D eigenvalue weighted by Crippen LogP contribution is 2.15. The van der Waals surface area contributed by atoms with Crippen LogP contribution in [0.2, 0.25) is 0 Å². The fourth-order valence-electron chi connectivity index (χ4n) is 1.81. The molecule has 0 unspecified atom stereocenters. The van der Waals surface area contributed by atoms with Gasteiger partial charge in [-0.25, -0.2) is 13.1 Å². The van der Waals surface area contributed by atoms with Crippen molar-refractivity contribution < 1.29 is 8.42 Å². The number of sulfonamides is 1. The minimum absolute atomic E-state index is 0.297. The Labute approximate surface area is 123 Å². The lowest BCUT2D eigenvalue weighted by atomic mass is 10.2. The second-order valence-electron chi connectivity index (χ2n) is 4.58. The molecular weight excluding hydrogens is 292 g/mol. The summed E-state index contributed by atoms with van der Waals surface area (Å²) in [6.45, 7) is 3.03. The Morgan fingerprint density at radius 3 is 2.35 bits per heavy atom. The lowest BCUT2D eigenvalue weighted by Crippen LogP contribution is -2.23. The van der Waals surface area contributed by atoms with Crippen LogP contribution in [0, 0.1) is 6.92 Å². The van der Waals surface area contributed by atoms with Crippen molar-refractivity contribution in [2.75, 3.05) is 7.05 Å². The van der Waals surface area contributed by atoms with E-state index in [0.717, 1.165) is 23.2 Å². The first-order chi connectivity index (χ1) is 9.53. The summed E-state index contributed by atoms with van der Waals surface area (Å²) in [5.41, 5.74) is 3.19. The van der Waals surface area contributed by atoms with Crippen molar-refractivity contribution in [2.24, 2.45) is 0 Å². The first kappa shape index (κ1) is 15.2. The average molecular weight is 310 g/mol. The van der Waals surface area contributed by atoms with E-state index in [4.69, 9.17) is 0 Å². The van der Waals surface area contributed by atoms with Gasteiger partial charge in [0.25, 0.3) is 0 Å². The summed E-state index contributed by atoms with van der Waals surface area (Å²) in [5, 5.41) is 7.00. The topological polar surface area (TPSA) is 58.2 Å². The molecule has 0 spiro atoms. The maximum absolute atomic E-state index is 12.2. The largest absolute Gasteiger partial charge is 0.316 e. The van der Waals surface area contributed by atoms with Gasteiger partial charge in [0, 0.05) is 13.1 Å². The Balaban J connectivity index is 2.08. The average Bonchev–Trinajstić information content (AvgIpc) is 2.83. The summed E-state index contributed by atoms with van der Waals surface area (Å²) in [5.74, 6) is 0. The van der Waals surface area contributed by atoms with Crippen molar-refractivity contribution in [1.82, 2.24) is 10.0 Å². The summed E-state index contributed by atoms with van der Waals surface area (Å²) in [7, 11) is -1.59. The van der Waals surface area contributed by atoms with Crippen molar-refractivity contribution in [1.29, 1.82) is 0 Å². The Hall–Kier alpha value is -1.21. The number of aryl methyl sites for hydroxylation is 1. The molecule has 0 radical (unpaired) electrons. The van der Waals surface area contributed by atoms with Crippen LogP contribution in [0.15, 0.2) is 39.9 Å². The molecule has 2 N–H and O–H groups in total. The molecule has 0 aliphatic heterocycles. The maximum Gasteiger partial charge on any atom is 0.240 e. The molecule has 1 heterocycles. The van der Waals surface area contributed by atoms with Gasteiger partial charge < -0.3 is 5.32 Å². The number of thiophene rings is 1. The van der Waals surface area contributed by atoms with E-state index < -0.39 is 10.0 Å². The van der Waals surface area contributed by atoms with Crippen LogP contribution < -0.4 is 10.0 Å². The third-order valence-electron chi connectivity index (χ3n) is 3.03. The molecule has 0 aliphatic rings. The molecule has 0 saturated carbocycles. The van der Waals surface area contributed by atoms with Gasteiger partial charge in [-0.3, -0.25) is 0 Å². The van der Waals surface area contributed by atoms with Gasteiger partial charge >= 0.3 is 0 Å². The fraction of sp³-hybridized carbons (Fsp3) is 0.286. The summed E-state index contributed by atoms with van der Waals surface area (Å²) < 4.78 is 27.0. The minimum Gasteiger partial charge on any atom is -0.316 e. The number of hydrogen-bond acceptors (Lipinski definition) is 4. The number of hydrogen-bond donors (Lipinski definition) is 2. The van der Waals surface area contributed by atoms with E-state index >= 15 is 0 Å². The zero-order valence-electron chi connectivity index (χ0n) is 11.5. The molecule has 108 valence electrons. The SMILES string of the molecule is CNCc1ccc(S(=O)(=O)NCc2cscc2C)cc1. The van der Waals surface area contributed by atoms with Crippen LogP contribution in [-0.2, 0) is 23.1 Å². The van der Waals surface area contributed by atoms with Gasteiger partial charge in [-0.05, 0) is 53.6 Å². The first-order valence-electron chi connectivity index (χ1n) is 6.28. The van der Waals surface area contributed by atoms with Crippen LogP contribution in [0.1, 0.15) is 16.7 Å². The molecule has 0 atom stereocenters.